The molecule has 6 heteroatoms. The largest absolute Gasteiger partial charge is 0.397 e. The van der Waals surface area contributed by atoms with Crippen LogP contribution in [-0.2, 0) is 4.74 Å². The Morgan fingerprint density at radius 1 is 1.38 bits per heavy atom. The van der Waals surface area contributed by atoms with Gasteiger partial charge in [-0.25, -0.2) is 0 Å². The number of benzene rings is 1. The lowest BCUT2D eigenvalue weighted by Gasteiger charge is -2.25. The van der Waals surface area contributed by atoms with Crippen molar-refractivity contribution in [2.24, 2.45) is 0 Å². The molecule has 0 atom stereocenters. The molecule has 114 valence electrons. The Hall–Kier alpha value is -2.26. The van der Waals surface area contributed by atoms with Crippen LogP contribution in [0.25, 0.3) is 0 Å². The average Bonchev–Trinajstić information content (AvgIpc) is 2.47. The second kappa shape index (κ2) is 8.12. The van der Waals surface area contributed by atoms with E-state index in [0.717, 1.165) is 5.69 Å². The van der Waals surface area contributed by atoms with Gasteiger partial charge in [0.1, 0.15) is 0 Å². The third-order valence-corrected chi connectivity index (χ3v) is 3.08. The van der Waals surface area contributed by atoms with Crippen molar-refractivity contribution in [3.05, 3.63) is 23.8 Å². The number of nitrogen functional groups attached to an aromatic ring is 1. The van der Waals surface area contributed by atoms with Crippen molar-refractivity contribution in [2.45, 2.75) is 6.42 Å². The van der Waals surface area contributed by atoms with Crippen LogP contribution in [-0.4, -0.2) is 51.7 Å². The van der Waals surface area contributed by atoms with Crippen LogP contribution in [0.2, 0.25) is 0 Å². The molecular weight excluding hydrogens is 268 g/mol. The van der Waals surface area contributed by atoms with E-state index in [1.165, 1.54) is 4.90 Å². The van der Waals surface area contributed by atoms with E-state index in [4.69, 9.17) is 15.7 Å². The molecule has 2 N–H and O–H groups in total. The molecule has 1 aromatic rings. The van der Waals surface area contributed by atoms with Gasteiger partial charge >= 0.3 is 0 Å². The summed E-state index contributed by atoms with van der Waals surface area (Å²) in [7, 11) is 5.03. The predicted molar refractivity (Wildman–Crippen MR) is 83.2 cm³/mol. The first-order chi connectivity index (χ1) is 10.0. The van der Waals surface area contributed by atoms with Gasteiger partial charge in [-0.15, -0.1) is 0 Å². The number of carbonyl (C=O) groups excluding carboxylic acids is 1. The van der Waals surface area contributed by atoms with Gasteiger partial charge < -0.3 is 20.3 Å². The summed E-state index contributed by atoms with van der Waals surface area (Å²) >= 11 is 0. The fourth-order valence-electron chi connectivity index (χ4n) is 1.95. The lowest BCUT2D eigenvalue weighted by Crippen LogP contribution is -2.29. The van der Waals surface area contributed by atoms with Crippen LogP contribution in [0.1, 0.15) is 16.8 Å². The number of carbonyl (C=O) groups is 1. The van der Waals surface area contributed by atoms with Crippen LogP contribution >= 0.6 is 0 Å². The molecule has 0 spiro atoms. The number of hydrogen-bond donors (Lipinski definition) is 1. The lowest BCUT2D eigenvalue weighted by molar-refractivity contribution is 0.0827. The van der Waals surface area contributed by atoms with Crippen LogP contribution in [0, 0.1) is 11.3 Å². The summed E-state index contributed by atoms with van der Waals surface area (Å²) in [5.74, 6) is -0.0803. The minimum atomic E-state index is -0.0803. The molecule has 0 radical (unpaired) electrons. The number of nitrogens with two attached hydrogens (primary N) is 1. The Bertz CT molecular complexity index is 523. The van der Waals surface area contributed by atoms with Gasteiger partial charge in [0.05, 0.1) is 30.5 Å². The lowest BCUT2D eigenvalue weighted by atomic mass is 10.1. The van der Waals surface area contributed by atoms with Crippen LogP contribution in [0.3, 0.4) is 0 Å². The molecular formula is C15H22N4O2. The molecule has 0 aromatic heterocycles. The highest BCUT2D eigenvalue weighted by Crippen LogP contribution is 2.25. The normalized spacial score (nSPS) is 10.0. The smallest absolute Gasteiger partial charge is 0.253 e. The van der Waals surface area contributed by atoms with Gasteiger partial charge in [-0.05, 0) is 18.2 Å². The first kappa shape index (κ1) is 16.8. The molecule has 1 rings (SSSR count). The third kappa shape index (κ3) is 4.65. The number of nitrogens with zero attached hydrogens (tertiary/aromatic N) is 3. The number of rotatable bonds is 7. The van der Waals surface area contributed by atoms with Gasteiger partial charge in [0.25, 0.3) is 5.91 Å². The maximum Gasteiger partial charge on any atom is 0.253 e. The molecule has 0 aliphatic heterocycles. The van der Waals surface area contributed by atoms with Crippen LogP contribution < -0.4 is 10.6 Å². The van der Waals surface area contributed by atoms with Crippen molar-refractivity contribution in [3.63, 3.8) is 0 Å². The highest BCUT2D eigenvalue weighted by atomic mass is 16.5. The number of amides is 1. The highest BCUT2D eigenvalue weighted by Gasteiger charge is 2.14. The van der Waals surface area contributed by atoms with Crippen molar-refractivity contribution in [1.29, 1.82) is 5.26 Å². The van der Waals surface area contributed by atoms with Crippen LogP contribution in [0.5, 0.6) is 0 Å². The predicted octanol–water partition coefficient (Wildman–Crippen LogP) is 1.34. The molecule has 0 saturated carbocycles. The van der Waals surface area contributed by atoms with E-state index in [2.05, 4.69) is 6.07 Å². The van der Waals surface area contributed by atoms with E-state index in [1.807, 2.05) is 4.90 Å². The summed E-state index contributed by atoms with van der Waals surface area (Å²) in [5, 5.41) is 8.77. The Labute approximate surface area is 125 Å². The summed E-state index contributed by atoms with van der Waals surface area (Å²) in [6.45, 7) is 1.68. The van der Waals surface area contributed by atoms with E-state index < -0.39 is 0 Å². The average molecular weight is 290 g/mol. The Kier molecular flexibility index (Phi) is 6.50. The highest BCUT2D eigenvalue weighted by molar-refractivity contribution is 5.96. The second-order valence-corrected chi connectivity index (χ2v) is 4.86. The van der Waals surface area contributed by atoms with Gasteiger partial charge in [-0.2, -0.15) is 5.26 Å². The molecule has 6 nitrogen and oxygen atoms in total. The quantitative estimate of drug-likeness (QED) is 0.766. The van der Waals surface area contributed by atoms with E-state index in [-0.39, 0.29) is 5.91 Å². The van der Waals surface area contributed by atoms with Crippen molar-refractivity contribution in [2.75, 3.05) is 51.5 Å². The number of anilines is 2. The SMILES string of the molecule is COCCN(CCC#N)c1cc(C(=O)N(C)C)ccc1N. The summed E-state index contributed by atoms with van der Waals surface area (Å²) in [6, 6.07) is 7.32. The molecule has 0 bridgehead atoms. The fraction of sp³-hybridized carbons (Fsp3) is 0.467. The molecule has 1 amide bonds. The third-order valence-electron chi connectivity index (χ3n) is 3.08. The maximum absolute atomic E-state index is 12.0. The first-order valence-electron chi connectivity index (χ1n) is 6.73. The number of methoxy groups -OCH3 is 1. The number of hydrogen-bond acceptors (Lipinski definition) is 5. The standard InChI is InChI=1S/C15H22N4O2/c1-18(2)15(20)12-5-6-13(17)14(11-12)19(8-4-7-16)9-10-21-3/h5-6,11H,4,8-10,17H2,1-3H3. The molecule has 0 fully saturated rings. The second-order valence-electron chi connectivity index (χ2n) is 4.86. The topological polar surface area (TPSA) is 82.6 Å². The van der Waals surface area contributed by atoms with Crippen molar-refractivity contribution in [1.82, 2.24) is 4.90 Å². The van der Waals surface area contributed by atoms with Crippen molar-refractivity contribution < 1.29 is 9.53 Å². The Morgan fingerprint density at radius 2 is 2.10 bits per heavy atom. The van der Waals surface area contributed by atoms with Gasteiger partial charge in [-0.1, -0.05) is 0 Å². The van der Waals surface area contributed by atoms with Crippen LogP contribution in [0.15, 0.2) is 18.2 Å². The van der Waals surface area contributed by atoms with E-state index >= 15 is 0 Å². The maximum atomic E-state index is 12.0. The molecule has 21 heavy (non-hydrogen) atoms. The molecule has 0 saturated heterocycles. The first-order valence-corrected chi connectivity index (χ1v) is 6.73. The molecule has 0 aliphatic rings. The Morgan fingerprint density at radius 3 is 2.67 bits per heavy atom. The summed E-state index contributed by atoms with van der Waals surface area (Å²) < 4.78 is 5.09. The fourth-order valence-corrected chi connectivity index (χ4v) is 1.95. The van der Waals surface area contributed by atoms with E-state index in [1.54, 1.807) is 39.4 Å². The minimum Gasteiger partial charge on any atom is -0.397 e. The number of nitriles is 1. The zero-order valence-corrected chi connectivity index (χ0v) is 12.8. The zero-order valence-electron chi connectivity index (χ0n) is 12.8. The Balaban J connectivity index is 3.07. The summed E-state index contributed by atoms with van der Waals surface area (Å²) in [5.41, 5.74) is 7.93. The monoisotopic (exact) mass is 290 g/mol. The van der Waals surface area contributed by atoms with Crippen molar-refractivity contribution >= 4 is 17.3 Å². The summed E-state index contributed by atoms with van der Waals surface area (Å²) in [4.78, 5) is 15.5. The van der Waals surface area contributed by atoms with Gasteiger partial charge in [0.2, 0.25) is 0 Å². The molecule has 1 aromatic carbocycles. The number of ether oxygens (including phenoxy) is 1. The molecule has 0 unspecified atom stereocenters. The van der Waals surface area contributed by atoms with Gasteiger partial charge in [0.15, 0.2) is 0 Å². The van der Waals surface area contributed by atoms with E-state index in [9.17, 15) is 4.79 Å². The molecule has 0 aliphatic carbocycles. The van der Waals surface area contributed by atoms with Crippen molar-refractivity contribution in [3.8, 4) is 6.07 Å². The van der Waals surface area contributed by atoms with Gasteiger partial charge in [-0.3, -0.25) is 4.79 Å². The van der Waals surface area contributed by atoms with Gasteiger partial charge in [0, 0.05) is 39.9 Å². The zero-order chi connectivity index (χ0) is 15.8. The molecule has 0 heterocycles. The minimum absolute atomic E-state index is 0.0803. The van der Waals surface area contributed by atoms with E-state index in [0.29, 0.717) is 37.4 Å². The van der Waals surface area contributed by atoms with Crippen LogP contribution in [0.4, 0.5) is 11.4 Å². The summed E-state index contributed by atoms with van der Waals surface area (Å²) in [6.07, 6.45) is 0.384.